The highest BCUT2D eigenvalue weighted by molar-refractivity contribution is 7.98. The first-order chi connectivity index (χ1) is 15.6. The van der Waals surface area contributed by atoms with Crippen LogP contribution in [0.15, 0.2) is 62.8 Å². The lowest BCUT2D eigenvalue weighted by molar-refractivity contribution is 0.0740. The summed E-state index contributed by atoms with van der Waals surface area (Å²) in [6, 6.07) is 14.2. The number of carbonyl (C=O) groups is 1. The van der Waals surface area contributed by atoms with Crippen molar-refractivity contribution >= 4 is 34.5 Å². The van der Waals surface area contributed by atoms with E-state index in [9.17, 15) is 4.79 Å². The summed E-state index contributed by atoms with van der Waals surface area (Å²) in [4.78, 5) is 26.0. The van der Waals surface area contributed by atoms with E-state index in [2.05, 4.69) is 40.0 Å². The molecular weight excluding hydrogens is 424 g/mol. The molecule has 8 heteroatoms. The number of rotatable bonds is 5. The van der Waals surface area contributed by atoms with Crippen LogP contribution in [0.2, 0.25) is 0 Å². The number of thioether (sulfide) groups is 1. The first-order valence-corrected chi connectivity index (χ1v) is 11.6. The minimum Gasteiger partial charge on any atom is -0.447 e. The molecule has 0 unspecified atom stereocenters. The number of hydrogen-bond donors (Lipinski definition) is 0. The molecule has 2 aromatic heterocycles. The van der Waals surface area contributed by atoms with E-state index >= 15 is 0 Å². The van der Waals surface area contributed by atoms with Crippen molar-refractivity contribution in [1.29, 1.82) is 0 Å². The number of hydrogen-bond acceptors (Lipinski definition) is 7. The molecule has 0 spiro atoms. The molecule has 0 bridgehead atoms. The summed E-state index contributed by atoms with van der Waals surface area (Å²) in [5.41, 5.74) is 5.53. The number of oxazole rings is 2. The Morgan fingerprint density at radius 1 is 1.00 bits per heavy atom. The number of piperazine rings is 1. The molecule has 0 N–H and O–H groups in total. The highest BCUT2D eigenvalue weighted by Crippen LogP contribution is 2.28. The highest BCUT2D eigenvalue weighted by atomic mass is 32.2. The Labute approximate surface area is 190 Å². The lowest BCUT2D eigenvalue weighted by atomic mass is 10.1. The molecule has 1 aliphatic rings. The Kier molecular flexibility index (Phi) is 5.61. The van der Waals surface area contributed by atoms with Gasteiger partial charge < -0.3 is 18.6 Å². The van der Waals surface area contributed by atoms with E-state index in [1.807, 2.05) is 36.1 Å². The molecule has 1 amide bonds. The van der Waals surface area contributed by atoms with Gasteiger partial charge in [-0.25, -0.2) is 9.97 Å². The maximum atomic E-state index is 12.9. The molecule has 0 radical (unpaired) electrons. The average molecular weight is 449 g/mol. The molecule has 1 aliphatic heterocycles. The van der Waals surface area contributed by atoms with Crippen LogP contribution < -0.4 is 4.90 Å². The molecule has 0 aliphatic carbocycles. The number of para-hydroxylation sites is 2. The predicted octanol–water partition coefficient (Wildman–Crippen LogP) is 4.69. The number of fused-ring (bicyclic) bond motifs is 1. The molecule has 4 aromatic rings. The molecular formula is C24H24N4O3S. The number of benzene rings is 2. The van der Waals surface area contributed by atoms with Crippen molar-refractivity contribution in [3.8, 4) is 0 Å². The first kappa shape index (κ1) is 20.6. The fraction of sp³-hybridized carbons (Fsp3) is 0.292. The Balaban J connectivity index is 1.18. The summed E-state index contributed by atoms with van der Waals surface area (Å²) in [6.45, 7) is 7.04. The van der Waals surface area contributed by atoms with Crippen molar-refractivity contribution in [1.82, 2.24) is 14.9 Å². The van der Waals surface area contributed by atoms with Gasteiger partial charge >= 0.3 is 0 Å². The van der Waals surface area contributed by atoms with E-state index in [4.69, 9.17) is 8.83 Å². The van der Waals surface area contributed by atoms with Gasteiger partial charge in [0.2, 0.25) is 5.89 Å². The number of anilines is 1. The van der Waals surface area contributed by atoms with Crippen molar-refractivity contribution in [2.24, 2.45) is 0 Å². The smallest absolute Gasteiger partial charge is 0.275 e. The van der Waals surface area contributed by atoms with Crippen LogP contribution in [0.5, 0.6) is 0 Å². The van der Waals surface area contributed by atoms with Gasteiger partial charge in [-0.15, -0.1) is 0 Å². The Hall–Kier alpha value is -3.26. The van der Waals surface area contributed by atoms with Gasteiger partial charge in [0, 0.05) is 31.9 Å². The number of aryl methyl sites for hydroxylation is 2. The molecule has 2 aromatic carbocycles. The largest absolute Gasteiger partial charge is 0.447 e. The molecule has 164 valence electrons. The van der Waals surface area contributed by atoms with Crippen LogP contribution in [0.3, 0.4) is 0 Å². The zero-order valence-corrected chi connectivity index (χ0v) is 18.9. The molecule has 0 atom stereocenters. The van der Waals surface area contributed by atoms with Crippen molar-refractivity contribution in [3.05, 3.63) is 71.4 Å². The molecule has 1 saturated heterocycles. The van der Waals surface area contributed by atoms with Gasteiger partial charge in [-0.1, -0.05) is 42.1 Å². The van der Waals surface area contributed by atoms with Crippen LogP contribution in [-0.4, -0.2) is 47.0 Å². The quantitative estimate of drug-likeness (QED) is 0.410. The summed E-state index contributed by atoms with van der Waals surface area (Å²) >= 11 is 1.40. The normalized spacial score (nSPS) is 14.3. The summed E-state index contributed by atoms with van der Waals surface area (Å²) in [7, 11) is 0. The van der Waals surface area contributed by atoms with Crippen LogP contribution >= 0.6 is 11.8 Å². The van der Waals surface area contributed by atoms with Gasteiger partial charge in [0.25, 0.3) is 11.1 Å². The molecule has 32 heavy (non-hydrogen) atoms. The SMILES string of the molecule is Cc1ccccc1N1CCN(C(=O)c2coc(CSc3nc4c(C)cccc4o3)n2)CC1. The monoisotopic (exact) mass is 448 g/mol. The third-order valence-electron chi connectivity index (χ3n) is 5.71. The van der Waals surface area contributed by atoms with Crippen LogP contribution in [0.25, 0.3) is 11.1 Å². The lowest BCUT2D eigenvalue weighted by Crippen LogP contribution is -2.49. The van der Waals surface area contributed by atoms with E-state index in [0.29, 0.717) is 35.6 Å². The standard InChI is InChI=1S/C24H24N4O3S/c1-16-6-3-4-8-19(16)27-10-12-28(13-11-27)23(29)18-14-30-21(25-18)15-32-24-26-22-17(2)7-5-9-20(22)31-24/h3-9,14H,10-13,15H2,1-2H3. The van der Waals surface area contributed by atoms with Gasteiger partial charge in [-0.2, -0.15) is 0 Å². The van der Waals surface area contributed by atoms with E-state index in [-0.39, 0.29) is 5.91 Å². The van der Waals surface area contributed by atoms with Gasteiger partial charge in [-0.3, -0.25) is 4.79 Å². The predicted molar refractivity (Wildman–Crippen MR) is 124 cm³/mol. The average Bonchev–Trinajstić information content (AvgIpc) is 3.45. The van der Waals surface area contributed by atoms with E-state index in [1.54, 1.807) is 0 Å². The molecule has 5 rings (SSSR count). The zero-order chi connectivity index (χ0) is 22.1. The van der Waals surface area contributed by atoms with Crippen LogP contribution in [0.4, 0.5) is 5.69 Å². The fourth-order valence-corrected chi connectivity index (χ4v) is 4.64. The Bertz CT molecular complexity index is 1260. The molecule has 0 saturated carbocycles. The van der Waals surface area contributed by atoms with Crippen LogP contribution in [0, 0.1) is 13.8 Å². The highest BCUT2D eigenvalue weighted by Gasteiger charge is 2.25. The number of carbonyl (C=O) groups excluding carboxylic acids is 1. The first-order valence-electron chi connectivity index (χ1n) is 10.6. The van der Waals surface area contributed by atoms with Crippen molar-refractivity contribution < 1.29 is 13.6 Å². The Morgan fingerprint density at radius 3 is 2.56 bits per heavy atom. The molecule has 3 heterocycles. The van der Waals surface area contributed by atoms with Crippen LogP contribution in [-0.2, 0) is 5.75 Å². The second-order valence-electron chi connectivity index (χ2n) is 7.88. The summed E-state index contributed by atoms with van der Waals surface area (Å²) in [5, 5.41) is 0.563. The van der Waals surface area contributed by atoms with Gasteiger partial charge in [0.15, 0.2) is 11.3 Å². The topological polar surface area (TPSA) is 75.6 Å². The van der Waals surface area contributed by atoms with Gasteiger partial charge in [0.05, 0.1) is 5.75 Å². The minimum absolute atomic E-state index is 0.0908. The van der Waals surface area contributed by atoms with Gasteiger partial charge in [-0.05, 0) is 37.1 Å². The third kappa shape index (κ3) is 4.10. The second kappa shape index (κ2) is 8.70. The van der Waals surface area contributed by atoms with Gasteiger partial charge in [0.1, 0.15) is 11.8 Å². The summed E-state index contributed by atoms with van der Waals surface area (Å²) < 4.78 is 11.3. The lowest BCUT2D eigenvalue weighted by Gasteiger charge is -2.36. The maximum absolute atomic E-state index is 12.9. The maximum Gasteiger partial charge on any atom is 0.275 e. The number of amides is 1. The zero-order valence-electron chi connectivity index (χ0n) is 18.1. The van der Waals surface area contributed by atoms with E-state index in [0.717, 1.165) is 29.8 Å². The van der Waals surface area contributed by atoms with Crippen molar-refractivity contribution in [2.45, 2.75) is 24.8 Å². The molecule has 7 nitrogen and oxygen atoms in total. The fourth-order valence-electron chi connectivity index (χ4n) is 3.96. The van der Waals surface area contributed by atoms with Crippen molar-refractivity contribution in [2.75, 3.05) is 31.1 Å². The number of nitrogens with zero attached hydrogens (tertiary/aromatic N) is 4. The van der Waals surface area contributed by atoms with Crippen molar-refractivity contribution in [3.63, 3.8) is 0 Å². The number of aromatic nitrogens is 2. The van der Waals surface area contributed by atoms with Crippen LogP contribution in [0.1, 0.15) is 27.5 Å². The summed E-state index contributed by atoms with van der Waals surface area (Å²) in [5.74, 6) is 0.836. The Morgan fingerprint density at radius 2 is 1.78 bits per heavy atom. The second-order valence-corrected chi connectivity index (χ2v) is 8.81. The minimum atomic E-state index is -0.0908. The molecule has 1 fully saturated rings. The third-order valence-corrected chi connectivity index (χ3v) is 6.53. The van der Waals surface area contributed by atoms with E-state index < -0.39 is 0 Å². The summed E-state index contributed by atoms with van der Waals surface area (Å²) in [6.07, 6.45) is 1.45. The van der Waals surface area contributed by atoms with E-state index in [1.165, 1.54) is 29.3 Å².